The lowest BCUT2D eigenvalue weighted by molar-refractivity contribution is -0.123. The third-order valence-electron chi connectivity index (χ3n) is 9.23. The van der Waals surface area contributed by atoms with Crippen LogP contribution in [0.4, 0.5) is 8.78 Å². The van der Waals surface area contributed by atoms with Gasteiger partial charge in [0.15, 0.2) is 5.67 Å². The fraction of sp³-hybridized carbons (Fsp3) is 0.364. The van der Waals surface area contributed by atoms with Gasteiger partial charge in [0.25, 0.3) is 5.91 Å². The van der Waals surface area contributed by atoms with Crippen molar-refractivity contribution in [1.29, 1.82) is 0 Å². The number of aliphatic hydroxyl groups is 1. The summed E-state index contributed by atoms with van der Waals surface area (Å²) in [5.41, 5.74) is 3.86. The minimum Gasteiger partial charge on any atom is -0.494 e. The van der Waals surface area contributed by atoms with E-state index in [1.165, 1.54) is 25.3 Å². The van der Waals surface area contributed by atoms with Crippen molar-refractivity contribution in [1.82, 2.24) is 20.5 Å². The zero-order valence-electron chi connectivity index (χ0n) is 24.7. The van der Waals surface area contributed by atoms with Gasteiger partial charge < -0.3 is 25.6 Å². The second kappa shape index (κ2) is 10.2. The Morgan fingerprint density at radius 1 is 1.16 bits per heavy atom. The van der Waals surface area contributed by atoms with Crippen molar-refractivity contribution in [3.8, 4) is 22.8 Å². The predicted octanol–water partition coefficient (Wildman–Crippen LogP) is 3.96. The van der Waals surface area contributed by atoms with Gasteiger partial charge in [-0.2, -0.15) is 5.10 Å². The van der Waals surface area contributed by atoms with Crippen molar-refractivity contribution in [2.75, 3.05) is 20.3 Å². The maximum absolute atomic E-state index is 14.7. The second-order valence-electron chi connectivity index (χ2n) is 12.4. The molecule has 7 rings (SSSR count). The lowest BCUT2D eigenvalue weighted by Crippen LogP contribution is -2.44. The highest BCUT2D eigenvalue weighted by Gasteiger charge is 2.50. The molecular formula is C33H31F2N5O5. The van der Waals surface area contributed by atoms with Crippen LogP contribution in [-0.4, -0.2) is 52.4 Å². The first-order valence-electron chi connectivity index (χ1n) is 14.8. The van der Waals surface area contributed by atoms with Crippen LogP contribution < -0.4 is 20.5 Å². The van der Waals surface area contributed by atoms with Crippen molar-refractivity contribution in [3.63, 3.8) is 0 Å². The van der Waals surface area contributed by atoms with Gasteiger partial charge in [-0.05, 0) is 87.1 Å². The maximum atomic E-state index is 14.7. The van der Waals surface area contributed by atoms with Gasteiger partial charge in [-0.3, -0.25) is 9.59 Å². The van der Waals surface area contributed by atoms with Gasteiger partial charge in [0.05, 0.1) is 19.3 Å². The molecule has 2 saturated carbocycles. The molecule has 4 N–H and O–H groups in total. The van der Waals surface area contributed by atoms with E-state index in [1.807, 2.05) is 0 Å². The lowest BCUT2D eigenvalue weighted by Gasteiger charge is -2.30. The molecule has 2 aromatic carbocycles. The van der Waals surface area contributed by atoms with Crippen LogP contribution in [0.1, 0.15) is 59.9 Å². The van der Waals surface area contributed by atoms with Crippen LogP contribution in [0.5, 0.6) is 11.5 Å². The van der Waals surface area contributed by atoms with Crippen LogP contribution in [0.15, 0.2) is 48.5 Å². The maximum Gasteiger partial charge on any atom is 0.251 e. The fourth-order valence-corrected chi connectivity index (χ4v) is 5.93. The number of nitrogens with zero attached hydrogens (tertiary/aromatic N) is 3. The number of nitrogens with two attached hydrogens (primary N) is 1. The molecule has 2 atom stereocenters. The van der Waals surface area contributed by atoms with Crippen LogP contribution in [0.3, 0.4) is 0 Å². The average Bonchev–Trinajstić information content (AvgIpc) is 3.98. The van der Waals surface area contributed by atoms with E-state index in [1.54, 1.807) is 37.3 Å². The van der Waals surface area contributed by atoms with Crippen molar-refractivity contribution in [2.24, 2.45) is 11.7 Å². The lowest BCUT2D eigenvalue weighted by atomic mass is 9.81. The van der Waals surface area contributed by atoms with E-state index in [9.17, 15) is 23.5 Å². The van der Waals surface area contributed by atoms with Crippen molar-refractivity contribution >= 4 is 22.7 Å². The number of primary amides is 1. The molecule has 232 valence electrons. The molecule has 12 heteroatoms. The van der Waals surface area contributed by atoms with E-state index < -0.39 is 34.3 Å². The zero-order chi connectivity index (χ0) is 31.7. The molecule has 0 bridgehead atoms. The van der Waals surface area contributed by atoms with Crippen LogP contribution >= 0.6 is 0 Å². The molecule has 0 saturated heterocycles. The van der Waals surface area contributed by atoms with Gasteiger partial charge >= 0.3 is 0 Å². The summed E-state index contributed by atoms with van der Waals surface area (Å²) in [7, 11) is 1.44. The number of ether oxygens (including phenoxy) is 2. The van der Waals surface area contributed by atoms with Crippen LogP contribution in [0.25, 0.3) is 22.2 Å². The van der Waals surface area contributed by atoms with Gasteiger partial charge in [-0.15, -0.1) is 5.10 Å². The Morgan fingerprint density at radius 2 is 1.89 bits per heavy atom. The first-order chi connectivity index (χ1) is 21.4. The number of carbonyl (C=O) groups excluding carboxylic acids is 2. The highest BCUT2D eigenvalue weighted by atomic mass is 19.1. The number of rotatable bonds is 9. The van der Waals surface area contributed by atoms with Crippen LogP contribution in [0.2, 0.25) is 0 Å². The average molecular weight is 616 g/mol. The highest BCUT2D eigenvalue weighted by Crippen LogP contribution is 2.51. The summed E-state index contributed by atoms with van der Waals surface area (Å²) >= 11 is 0. The Balaban J connectivity index is 1.25. The van der Waals surface area contributed by atoms with Crippen molar-refractivity contribution < 1.29 is 33.0 Å². The number of benzene rings is 2. The monoisotopic (exact) mass is 615 g/mol. The summed E-state index contributed by atoms with van der Waals surface area (Å²) in [6.45, 7) is 1.44. The molecular weight excluding hydrogens is 584 g/mol. The Morgan fingerprint density at radius 3 is 2.53 bits per heavy atom. The first kappa shape index (κ1) is 29.0. The summed E-state index contributed by atoms with van der Waals surface area (Å²) in [5, 5.41) is 23.7. The second-order valence-corrected chi connectivity index (χ2v) is 12.4. The van der Waals surface area contributed by atoms with Gasteiger partial charge in [0.2, 0.25) is 5.91 Å². The predicted molar refractivity (Wildman–Crippen MR) is 159 cm³/mol. The molecule has 0 radical (unpaired) electrons. The number of methoxy groups -OCH3 is 1. The number of pyridine rings is 1. The summed E-state index contributed by atoms with van der Waals surface area (Å²) in [5.74, 6) is -1.13. The molecule has 2 amide bonds. The van der Waals surface area contributed by atoms with Gasteiger partial charge in [0.1, 0.15) is 51.8 Å². The van der Waals surface area contributed by atoms with E-state index in [0.29, 0.717) is 64.9 Å². The normalized spacial score (nSPS) is 21.0. The molecule has 0 spiro atoms. The van der Waals surface area contributed by atoms with Gasteiger partial charge in [-0.1, -0.05) is 0 Å². The zero-order valence-corrected chi connectivity index (χ0v) is 24.7. The number of hydrogen-bond acceptors (Lipinski definition) is 8. The van der Waals surface area contributed by atoms with Crippen LogP contribution in [-0.2, 0) is 21.5 Å². The summed E-state index contributed by atoms with van der Waals surface area (Å²) in [4.78, 5) is 30.9. The Bertz CT molecular complexity index is 1880. The van der Waals surface area contributed by atoms with E-state index in [2.05, 4.69) is 15.5 Å². The Labute approximate surface area is 257 Å². The summed E-state index contributed by atoms with van der Waals surface area (Å²) in [6, 6.07) is 12.0. The van der Waals surface area contributed by atoms with Crippen LogP contribution in [0, 0.1) is 11.7 Å². The number of alkyl halides is 1. The quantitative estimate of drug-likeness (QED) is 0.256. The number of fused-ring (bicyclic) bond motifs is 2. The number of nitrogens with one attached hydrogen (secondary N) is 1. The molecule has 10 nitrogen and oxygen atoms in total. The third-order valence-corrected chi connectivity index (χ3v) is 9.23. The minimum absolute atomic E-state index is 0.0188. The van der Waals surface area contributed by atoms with E-state index in [4.69, 9.17) is 20.2 Å². The topological polar surface area (TPSA) is 150 Å². The van der Waals surface area contributed by atoms with Crippen molar-refractivity contribution in [2.45, 2.75) is 49.3 Å². The molecule has 4 aromatic rings. The van der Waals surface area contributed by atoms with Gasteiger partial charge in [-0.25, -0.2) is 13.8 Å². The number of hydrogen-bond donors (Lipinski definition) is 3. The van der Waals surface area contributed by atoms with E-state index in [0.717, 1.165) is 0 Å². The van der Waals surface area contributed by atoms with E-state index >= 15 is 0 Å². The molecule has 1 aliphatic heterocycles. The minimum atomic E-state index is -1.62. The SMILES string of the molecule is COc1cc(C(=O)NC[C@](O)(c2cc3c(c(-c4ccc(F)cc4)n2)OC[C@]3(C)C(N)=O)C2CC2)cc2cc(C3(F)CC3)nnc12. The highest BCUT2D eigenvalue weighted by molar-refractivity contribution is 6.00. The molecule has 3 heterocycles. The Hall–Kier alpha value is -4.71. The van der Waals surface area contributed by atoms with Crippen molar-refractivity contribution in [3.05, 3.63) is 76.9 Å². The molecule has 45 heavy (non-hydrogen) atoms. The number of amides is 2. The molecule has 2 aromatic heterocycles. The standard InChI is InChI=1S/C33H31F2N5O5/c1-31(30(36)42)16-45-28-22(31)14-25(38-27(28)17-3-7-21(34)8-4-17)33(43,20-5-6-20)15-37-29(41)19-11-18-13-24(32(35)9-10-32)39-40-26(18)23(12-19)44-2/h3-4,7-8,11-14,20,43H,5-6,9-10,15-16H2,1-2H3,(H2,36,42)(H,37,41)/t31-,33+/m0/s1. The smallest absolute Gasteiger partial charge is 0.251 e. The molecule has 0 unspecified atom stereocenters. The molecule has 3 aliphatic rings. The van der Waals surface area contributed by atoms with Gasteiger partial charge in [0, 0.05) is 22.1 Å². The third kappa shape index (κ3) is 4.84. The van der Waals surface area contributed by atoms with E-state index in [-0.39, 0.29) is 36.0 Å². The largest absolute Gasteiger partial charge is 0.494 e. The summed E-state index contributed by atoms with van der Waals surface area (Å²) < 4.78 is 39.9. The first-order valence-corrected chi connectivity index (χ1v) is 14.8. The fourth-order valence-electron chi connectivity index (χ4n) is 5.93. The number of halogens is 2. The molecule has 2 aliphatic carbocycles. The number of aromatic nitrogens is 3. The summed E-state index contributed by atoms with van der Waals surface area (Å²) in [6.07, 6.45) is 2.12. The number of carbonyl (C=O) groups is 2. The Kier molecular flexibility index (Phi) is 6.55. The molecule has 2 fully saturated rings.